The molecule has 1 fully saturated rings. The van der Waals surface area contributed by atoms with Gasteiger partial charge in [-0.15, -0.1) is 0 Å². The smallest absolute Gasteiger partial charge is 0.407 e. The van der Waals surface area contributed by atoms with Crippen LogP contribution in [0.5, 0.6) is 0 Å². The van der Waals surface area contributed by atoms with Crippen molar-refractivity contribution < 1.29 is 14.3 Å². The van der Waals surface area contributed by atoms with Crippen molar-refractivity contribution in [3.05, 3.63) is 90.0 Å². The van der Waals surface area contributed by atoms with Gasteiger partial charge in [-0.25, -0.2) is 4.79 Å². The van der Waals surface area contributed by atoms with Crippen molar-refractivity contribution in [2.75, 3.05) is 5.32 Å². The third kappa shape index (κ3) is 5.55. The summed E-state index contributed by atoms with van der Waals surface area (Å²) in [6.45, 7) is 5.55. The lowest BCUT2D eigenvalue weighted by Gasteiger charge is -2.19. The van der Waals surface area contributed by atoms with Crippen LogP contribution in [-0.4, -0.2) is 23.6 Å². The number of amides is 2. The zero-order chi connectivity index (χ0) is 22.7. The standard InChI is InChI=1S/C27H28N2O3/c1-27(2,3)32-26(31)29-24-17-23(24)19-12-14-22(15-13-19)28-25(30)21-11-7-10-20(16-21)18-8-5-4-6-9-18/h4-16,23-24H,17H2,1-3H3,(H,28,30)(H,29,31)/t23-,24+/m0/s1. The van der Waals surface area contributed by atoms with E-state index in [0.717, 1.165) is 28.8 Å². The van der Waals surface area contributed by atoms with E-state index >= 15 is 0 Å². The van der Waals surface area contributed by atoms with Crippen molar-refractivity contribution in [3.63, 3.8) is 0 Å². The highest BCUT2D eigenvalue weighted by molar-refractivity contribution is 6.05. The molecular weight excluding hydrogens is 400 g/mol. The summed E-state index contributed by atoms with van der Waals surface area (Å²) in [6, 6.07) is 25.5. The van der Waals surface area contributed by atoms with Gasteiger partial charge in [-0.2, -0.15) is 0 Å². The first-order chi connectivity index (χ1) is 15.3. The Morgan fingerprint density at radius 3 is 2.25 bits per heavy atom. The average Bonchev–Trinajstić information content (AvgIpc) is 3.52. The van der Waals surface area contributed by atoms with Gasteiger partial charge in [0.15, 0.2) is 0 Å². The van der Waals surface area contributed by atoms with Crippen molar-refractivity contribution in [2.45, 2.75) is 44.8 Å². The molecule has 0 spiro atoms. The maximum atomic E-state index is 12.7. The molecule has 4 rings (SSSR count). The van der Waals surface area contributed by atoms with Crippen molar-refractivity contribution in [3.8, 4) is 11.1 Å². The van der Waals surface area contributed by atoms with Gasteiger partial charge >= 0.3 is 6.09 Å². The minimum Gasteiger partial charge on any atom is -0.444 e. The van der Waals surface area contributed by atoms with Gasteiger partial charge in [0.05, 0.1) is 0 Å². The van der Waals surface area contributed by atoms with Crippen LogP contribution in [0.4, 0.5) is 10.5 Å². The van der Waals surface area contributed by atoms with E-state index in [4.69, 9.17) is 4.74 Å². The molecule has 164 valence electrons. The summed E-state index contributed by atoms with van der Waals surface area (Å²) in [5.74, 6) is 0.126. The largest absolute Gasteiger partial charge is 0.444 e. The minimum absolute atomic E-state index is 0.0889. The molecule has 0 unspecified atom stereocenters. The number of rotatable bonds is 5. The van der Waals surface area contributed by atoms with Gasteiger partial charge in [-0.05, 0) is 68.1 Å². The summed E-state index contributed by atoms with van der Waals surface area (Å²) in [6.07, 6.45) is 0.503. The maximum absolute atomic E-state index is 12.7. The summed E-state index contributed by atoms with van der Waals surface area (Å²) < 4.78 is 5.32. The zero-order valence-electron chi connectivity index (χ0n) is 18.6. The quantitative estimate of drug-likeness (QED) is 0.525. The molecule has 2 N–H and O–H groups in total. The first kappa shape index (κ1) is 21.6. The normalized spacial score (nSPS) is 17.3. The molecule has 5 nitrogen and oxygen atoms in total. The van der Waals surface area contributed by atoms with Gasteiger partial charge < -0.3 is 15.4 Å². The van der Waals surface area contributed by atoms with Crippen LogP contribution in [0.25, 0.3) is 11.1 Å². The van der Waals surface area contributed by atoms with Gasteiger partial charge in [0, 0.05) is 23.2 Å². The number of anilines is 1. The number of hydrogen-bond donors (Lipinski definition) is 2. The molecule has 1 aliphatic rings. The molecule has 5 heteroatoms. The summed E-state index contributed by atoms with van der Waals surface area (Å²) >= 11 is 0. The summed E-state index contributed by atoms with van der Waals surface area (Å²) in [5, 5.41) is 5.88. The topological polar surface area (TPSA) is 67.4 Å². The second kappa shape index (κ2) is 8.87. The highest BCUT2D eigenvalue weighted by atomic mass is 16.6. The first-order valence-electron chi connectivity index (χ1n) is 10.8. The lowest BCUT2D eigenvalue weighted by molar-refractivity contribution is 0.0522. The van der Waals surface area contributed by atoms with Crippen LogP contribution < -0.4 is 10.6 Å². The molecule has 0 bridgehead atoms. The number of alkyl carbamates (subject to hydrolysis) is 1. The Morgan fingerprint density at radius 1 is 0.875 bits per heavy atom. The van der Waals surface area contributed by atoms with Crippen LogP contribution in [-0.2, 0) is 4.74 Å². The van der Waals surface area contributed by atoms with Crippen molar-refractivity contribution in [2.24, 2.45) is 0 Å². The predicted molar refractivity (Wildman–Crippen MR) is 127 cm³/mol. The number of ether oxygens (including phenoxy) is 1. The Bertz CT molecular complexity index is 1100. The van der Waals surface area contributed by atoms with Crippen LogP contribution in [0, 0.1) is 0 Å². The molecule has 3 aromatic carbocycles. The molecule has 0 saturated heterocycles. The zero-order valence-corrected chi connectivity index (χ0v) is 18.6. The second-order valence-electron chi connectivity index (χ2n) is 9.12. The lowest BCUT2D eigenvalue weighted by atomic mass is 10.0. The predicted octanol–water partition coefficient (Wildman–Crippen LogP) is 5.99. The number of carbonyl (C=O) groups is 2. The first-order valence-corrected chi connectivity index (χ1v) is 10.8. The third-order valence-electron chi connectivity index (χ3n) is 5.32. The van der Waals surface area contributed by atoms with E-state index in [2.05, 4.69) is 10.6 Å². The number of carbonyl (C=O) groups excluding carboxylic acids is 2. The Labute approximate surface area is 188 Å². The van der Waals surface area contributed by atoms with E-state index in [0.29, 0.717) is 5.56 Å². The van der Waals surface area contributed by atoms with Gasteiger partial charge in [-0.3, -0.25) is 4.79 Å². The molecule has 0 aliphatic heterocycles. The number of benzene rings is 3. The second-order valence-corrected chi connectivity index (χ2v) is 9.12. The monoisotopic (exact) mass is 428 g/mol. The fourth-order valence-corrected chi connectivity index (χ4v) is 3.67. The average molecular weight is 429 g/mol. The van der Waals surface area contributed by atoms with E-state index in [1.165, 1.54) is 0 Å². The lowest BCUT2D eigenvalue weighted by Crippen LogP contribution is -2.34. The highest BCUT2D eigenvalue weighted by Gasteiger charge is 2.40. The van der Waals surface area contributed by atoms with Gasteiger partial charge in [0.1, 0.15) is 5.60 Å². The summed E-state index contributed by atoms with van der Waals surface area (Å²) in [5.41, 5.74) is 4.06. The Balaban J connectivity index is 1.35. The molecule has 1 saturated carbocycles. The van der Waals surface area contributed by atoms with E-state index in [1.54, 1.807) is 0 Å². The van der Waals surface area contributed by atoms with Crippen molar-refractivity contribution in [1.29, 1.82) is 0 Å². The van der Waals surface area contributed by atoms with Crippen LogP contribution in [0.2, 0.25) is 0 Å². The van der Waals surface area contributed by atoms with Crippen molar-refractivity contribution in [1.82, 2.24) is 5.32 Å². The fourth-order valence-electron chi connectivity index (χ4n) is 3.67. The molecule has 2 atom stereocenters. The molecule has 0 radical (unpaired) electrons. The number of hydrogen-bond acceptors (Lipinski definition) is 3. The van der Waals surface area contributed by atoms with Gasteiger partial charge in [0.2, 0.25) is 0 Å². The SMILES string of the molecule is CC(C)(C)OC(=O)N[C@@H]1C[C@H]1c1ccc(NC(=O)c2cccc(-c3ccccc3)c2)cc1. The third-order valence-corrected chi connectivity index (χ3v) is 5.32. The molecule has 3 aromatic rings. The van der Waals surface area contributed by atoms with E-state index < -0.39 is 5.60 Å². The molecular formula is C27H28N2O3. The number of nitrogens with one attached hydrogen (secondary N) is 2. The maximum Gasteiger partial charge on any atom is 0.407 e. The van der Waals surface area contributed by atoms with Crippen LogP contribution in [0.1, 0.15) is 49.0 Å². The molecule has 0 heterocycles. The Hall–Kier alpha value is -3.60. The fraction of sp³-hybridized carbons (Fsp3) is 0.259. The molecule has 0 aromatic heterocycles. The molecule has 32 heavy (non-hydrogen) atoms. The highest BCUT2D eigenvalue weighted by Crippen LogP contribution is 2.41. The summed E-state index contributed by atoms with van der Waals surface area (Å²) in [4.78, 5) is 24.7. The van der Waals surface area contributed by atoms with E-state index in [-0.39, 0.29) is 24.0 Å². The van der Waals surface area contributed by atoms with Crippen LogP contribution >= 0.6 is 0 Å². The molecule has 1 aliphatic carbocycles. The molecule has 2 amide bonds. The van der Waals surface area contributed by atoms with E-state index in [1.807, 2.05) is 99.6 Å². The van der Waals surface area contributed by atoms with Crippen LogP contribution in [0.15, 0.2) is 78.9 Å². The Kier molecular flexibility index (Phi) is 5.99. The Morgan fingerprint density at radius 2 is 1.56 bits per heavy atom. The summed E-state index contributed by atoms with van der Waals surface area (Å²) in [7, 11) is 0. The van der Waals surface area contributed by atoms with Gasteiger partial charge in [-0.1, -0.05) is 54.6 Å². The van der Waals surface area contributed by atoms with E-state index in [9.17, 15) is 9.59 Å². The minimum atomic E-state index is -0.505. The van der Waals surface area contributed by atoms with Crippen LogP contribution in [0.3, 0.4) is 0 Å². The van der Waals surface area contributed by atoms with Gasteiger partial charge in [0.25, 0.3) is 5.91 Å². The van der Waals surface area contributed by atoms with Crippen molar-refractivity contribution >= 4 is 17.7 Å².